The zero-order valence-electron chi connectivity index (χ0n) is 31.5. The summed E-state index contributed by atoms with van der Waals surface area (Å²) in [7, 11) is 0. The van der Waals surface area contributed by atoms with Crippen LogP contribution in [0.2, 0.25) is 0 Å². The molecule has 6 nitrogen and oxygen atoms in total. The molecule has 0 saturated heterocycles. The van der Waals surface area contributed by atoms with Gasteiger partial charge in [0.2, 0.25) is 5.95 Å². The average Bonchev–Trinajstić information content (AvgIpc) is 3.85. The van der Waals surface area contributed by atoms with Crippen LogP contribution in [0.3, 0.4) is 0 Å². The first-order chi connectivity index (χ1) is 29.3. The van der Waals surface area contributed by atoms with Crippen LogP contribution in [0.5, 0.6) is 0 Å². The number of furan rings is 1. The maximum Gasteiger partial charge on any atom is 0.238 e. The summed E-state index contributed by atoms with van der Waals surface area (Å²) in [6.45, 7) is 0. The maximum atomic E-state index is 6.61. The van der Waals surface area contributed by atoms with Gasteiger partial charge in [0, 0.05) is 43.7 Å². The van der Waals surface area contributed by atoms with E-state index >= 15 is 0 Å². The second-order valence-electron chi connectivity index (χ2n) is 15.2. The van der Waals surface area contributed by atoms with Crippen molar-refractivity contribution in [3.63, 3.8) is 0 Å². The second-order valence-corrected chi connectivity index (χ2v) is 15.2. The first-order valence-corrected chi connectivity index (χ1v) is 19.9. The lowest BCUT2D eigenvalue weighted by atomic mass is 9.88. The van der Waals surface area contributed by atoms with Gasteiger partial charge in [0.25, 0.3) is 0 Å². The largest absolute Gasteiger partial charge is 0.455 e. The zero-order valence-corrected chi connectivity index (χ0v) is 31.5. The third-order valence-corrected chi connectivity index (χ3v) is 12.0. The molecule has 9 aromatic carbocycles. The van der Waals surface area contributed by atoms with Crippen LogP contribution >= 0.6 is 0 Å². The molecule has 1 aliphatic heterocycles. The summed E-state index contributed by atoms with van der Waals surface area (Å²) in [5.41, 5.74) is 10.9. The molecule has 0 aliphatic carbocycles. The van der Waals surface area contributed by atoms with Crippen molar-refractivity contribution >= 4 is 82.6 Å². The molecule has 274 valence electrons. The number of nitrogens with zero attached hydrogens (tertiary/aromatic N) is 5. The fourth-order valence-corrected chi connectivity index (χ4v) is 9.39. The van der Waals surface area contributed by atoms with Crippen molar-refractivity contribution in [2.24, 2.45) is 0 Å². The number of aromatic nitrogens is 4. The summed E-state index contributed by atoms with van der Waals surface area (Å²) in [5, 5.41) is 9.10. The van der Waals surface area contributed by atoms with Crippen LogP contribution < -0.4 is 4.90 Å². The van der Waals surface area contributed by atoms with E-state index in [1.807, 2.05) is 18.2 Å². The van der Waals surface area contributed by atoms with E-state index in [0.29, 0.717) is 17.6 Å². The maximum absolute atomic E-state index is 6.61. The van der Waals surface area contributed by atoms with E-state index in [-0.39, 0.29) is 0 Å². The predicted octanol–water partition coefficient (Wildman–Crippen LogP) is 14.0. The van der Waals surface area contributed by atoms with Crippen molar-refractivity contribution in [2.45, 2.75) is 0 Å². The highest BCUT2D eigenvalue weighted by Crippen LogP contribution is 2.52. The van der Waals surface area contributed by atoms with E-state index in [2.05, 4.69) is 179 Å². The van der Waals surface area contributed by atoms with Gasteiger partial charge >= 0.3 is 0 Å². The molecule has 0 atom stereocenters. The fraction of sp³-hybridized carbons (Fsp3) is 0. The summed E-state index contributed by atoms with van der Waals surface area (Å²) < 4.78 is 8.93. The topological polar surface area (TPSA) is 60.0 Å². The molecule has 13 rings (SSSR count). The number of fused-ring (bicyclic) bond motifs is 10. The van der Waals surface area contributed by atoms with Gasteiger partial charge in [-0.15, -0.1) is 0 Å². The molecule has 0 unspecified atom stereocenters. The quantitative estimate of drug-likeness (QED) is 0.179. The highest BCUT2D eigenvalue weighted by atomic mass is 16.3. The predicted molar refractivity (Wildman–Crippen MR) is 241 cm³/mol. The summed E-state index contributed by atoms with van der Waals surface area (Å²) in [5.74, 6) is 1.63. The van der Waals surface area contributed by atoms with Gasteiger partial charge in [-0.05, 0) is 70.3 Å². The number of para-hydroxylation sites is 4. The van der Waals surface area contributed by atoms with Gasteiger partial charge in [-0.2, -0.15) is 9.97 Å². The lowest BCUT2D eigenvalue weighted by molar-refractivity contribution is 0.669. The Morgan fingerprint density at radius 3 is 2.03 bits per heavy atom. The van der Waals surface area contributed by atoms with Crippen LogP contribution in [-0.2, 0) is 0 Å². The van der Waals surface area contributed by atoms with E-state index in [0.717, 1.165) is 82.9 Å². The Kier molecular flexibility index (Phi) is 6.63. The number of rotatable bonds is 4. The highest BCUT2D eigenvalue weighted by molar-refractivity contribution is 6.19. The molecular formula is C53H31N5O. The van der Waals surface area contributed by atoms with Gasteiger partial charge in [-0.1, -0.05) is 140 Å². The molecule has 0 fully saturated rings. The molecule has 0 bridgehead atoms. The minimum Gasteiger partial charge on any atom is -0.455 e. The molecule has 0 radical (unpaired) electrons. The second kappa shape index (κ2) is 12.2. The zero-order chi connectivity index (χ0) is 38.6. The third-order valence-electron chi connectivity index (χ3n) is 12.0. The van der Waals surface area contributed by atoms with Gasteiger partial charge < -0.3 is 8.98 Å². The van der Waals surface area contributed by atoms with Crippen molar-refractivity contribution in [1.29, 1.82) is 0 Å². The Bertz CT molecular complexity index is 3690. The Morgan fingerprint density at radius 1 is 0.424 bits per heavy atom. The minimum absolute atomic E-state index is 0.528. The lowest BCUT2D eigenvalue weighted by Gasteiger charge is -2.32. The van der Waals surface area contributed by atoms with Gasteiger partial charge in [-0.3, -0.25) is 4.90 Å². The highest BCUT2D eigenvalue weighted by Gasteiger charge is 2.30. The standard InChI is InChI=1S/C53H31N5O/c1-2-16-35(17-3-1)57-43-24-8-6-19-37(43)38-29-27-34(31-46(38)57)51-54-52(42-23-12-21-40-39-20-7-9-26-47(39)59-50(40)42)56-53(55-51)58-44-25-11-15-33-14-10-22-41(48(33)44)49-36-18-5-4-13-32(36)28-30-45(49)58/h1-31H. The SMILES string of the molecule is c1ccc(-n2c3ccccc3c3ccc(-c4nc(-c5cccc6c5oc5ccccc56)nc(N5c6ccc7ccccc7c6-c6cccc7cccc5c67)n4)cc32)cc1. The van der Waals surface area contributed by atoms with Crippen molar-refractivity contribution < 1.29 is 4.42 Å². The van der Waals surface area contributed by atoms with Gasteiger partial charge in [0.05, 0.1) is 28.0 Å². The summed E-state index contributed by atoms with van der Waals surface area (Å²) in [4.78, 5) is 18.4. The number of hydrogen-bond donors (Lipinski definition) is 0. The smallest absolute Gasteiger partial charge is 0.238 e. The van der Waals surface area contributed by atoms with Crippen LogP contribution in [0.15, 0.2) is 192 Å². The molecule has 0 N–H and O–H groups in total. The van der Waals surface area contributed by atoms with Crippen molar-refractivity contribution in [3.8, 4) is 39.6 Å². The van der Waals surface area contributed by atoms with Crippen molar-refractivity contribution in [1.82, 2.24) is 19.5 Å². The first-order valence-electron chi connectivity index (χ1n) is 19.9. The van der Waals surface area contributed by atoms with Gasteiger partial charge in [0.1, 0.15) is 11.2 Å². The first kappa shape index (κ1) is 32.0. The molecule has 3 aromatic heterocycles. The Balaban J connectivity index is 1.12. The lowest BCUT2D eigenvalue weighted by Crippen LogP contribution is -2.19. The van der Waals surface area contributed by atoms with Crippen molar-refractivity contribution in [2.75, 3.05) is 4.90 Å². The third kappa shape index (κ3) is 4.65. The molecule has 0 saturated carbocycles. The van der Waals surface area contributed by atoms with Crippen molar-refractivity contribution in [3.05, 3.63) is 188 Å². The number of benzene rings is 9. The van der Waals surface area contributed by atoms with E-state index in [1.165, 1.54) is 21.7 Å². The van der Waals surface area contributed by atoms with Gasteiger partial charge in [0.15, 0.2) is 11.6 Å². The minimum atomic E-state index is 0.528. The molecule has 1 aliphatic rings. The average molecular weight is 754 g/mol. The summed E-state index contributed by atoms with van der Waals surface area (Å²) >= 11 is 0. The summed E-state index contributed by atoms with van der Waals surface area (Å²) in [6, 6.07) is 66.1. The van der Waals surface area contributed by atoms with Crippen LogP contribution in [0, 0.1) is 0 Å². The molecule has 12 aromatic rings. The van der Waals surface area contributed by atoms with Gasteiger partial charge in [-0.25, -0.2) is 4.98 Å². The molecule has 0 amide bonds. The molecule has 6 heteroatoms. The normalized spacial score (nSPS) is 12.4. The fourth-order valence-electron chi connectivity index (χ4n) is 9.39. The molecule has 0 spiro atoms. The van der Waals surface area contributed by atoms with E-state index in [4.69, 9.17) is 19.4 Å². The van der Waals surface area contributed by atoms with E-state index < -0.39 is 0 Å². The van der Waals surface area contributed by atoms with E-state index in [9.17, 15) is 0 Å². The number of hydrogen-bond acceptors (Lipinski definition) is 5. The molecule has 4 heterocycles. The Morgan fingerprint density at radius 2 is 1.12 bits per heavy atom. The van der Waals surface area contributed by atoms with Crippen LogP contribution in [0.4, 0.5) is 17.3 Å². The Labute approximate surface area is 337 Å². The Hall–Kier alpha value is -8.09. The van der Waals surface area contributed by atoms with E-state index in [1.54, 1.807) is 0 Å². The van der Waals surface area contributed by atoms with Crippen LogP contribution in [-0.4, -0.2) is 19.5 Å². The molecule has 59 heavy (non-hydrogen) atoms. The molecular weight excluding hydrogens is 723 g/mol. The van der Waals surface area contributed by atoms with Crippen LogP contribution in [0.25, 0.3) is 105 Å². The summed E-state index contributed by atoms with van der Waals surface area (Å²) in [6.07, 6.45) is 0. The van der Waals surface area contributed by atoms with Crippen LogP contribution in [0.1, 0.15) is 0 Å². The number of anilines is 3. The monoisotopic (exact) mass is 753 g/mol.